The molecule has 8 heteroatoms. The first-order chi connectivity index (χ1) is 9.10. The summed E-state index contributed by atoms with van der Waals surface area (Å²) >= 11 is 6.25. The van der Waals surface area contributed by atoms with Crippen LogP contribution in [0.5, 0.6) is 0 Å². The number of hydrogen-bond acceptors (Lipinski definition) is 6. The number of nitrogens with zero attached hydrogens (tertiary/aromatic N) is 1. The molecule has 0 aliphatic rings. The zero-order chi connectivity index (χ0) is 13.8. The Bertz CT molecular complexity index is 602. The van der Waals surface area contributed by atoms with Crippen LogP contribution < -0.4 is 17.0 Å². The molecule has 1 aromatic heterocycles. The number of carbonyl (C=O) groups is 1. The predicted molar refractivity (Wildman–Crippen MR) is 81.9 cm³/mol. The molecule has 0 fully saturated rings. The number of nitrogen functional groups attached to an aromatic ring is 2. The lowest BCUT2D eigenvalue weighted by atomic mass is 10.3. The van der Waals surface area contributed by atoms with E-state index in [2.05, 4.69) is 26.3 Å². The van der Waals surface area contributed by atoms with Crippen LogP contribution in [0.25, 0.3) is 0 Å². The summed E-state index contributed by atoms with van der Waals surface area (Å²) in [5.74, 6) is 5.33. The van der Waals surface area contributed by atoms with Gasteiger partial charge >= 0.3 is 0 Å². The maximum Gasteiger partial charge on any atom is 0.294 e. The third-order valence-corrected chi connectivity index (χ3v) is 4.72. The number of anilines is 1. The highest BCUT2D eigenvalue weighted by Crippen LogP contribution is 2.30. The Labute approximate surface area is 126 Å². The Morgan fingerprint density at radius 1 is 1.53 bits per heavy atom. The number of thiazole rings is 1. The summed E-state index contributed by atoms with van der Waals surface area (Å²) in [7, 11) is 0. The van der Waals surface area contributed by atoms with Crippen molar-refractivity contribution in [2.75, 3.05) is 5.73 Å². The van der Waals surface area contributed by atoms with Crippen molar-refractivity contribution in [1.82, 2.24) is 10.4 Å². The number of carbonyl (C=O) groups excluding carboxylic acids is 1. The Hall–Kier alpha value is -1.09. The van der Waals surface area contributed by atoms with Crippen LogP contribution in [0.15, 0.2) is 32.9 Å². The molecule has 5 N–H and O–H groups in total. The van der Waals surface area contributed by atoms with Crippen LogP contribution >= 0.6 is 39.0 Å². The molecule has 1 heterocycles. The smallest absolute Gasteiger partial charge is 0.294 e. The molecule has 19 heavy (non-hydrogen) atoms. The summed E-state index contributed by atoms with van der Waals surface area (Å²) < 4.78 is 0.977. The average molecular weight is 359 g/mol. The number of aromatic nitrogens is 1. The zero-order valence-electron chi connectivity index (χ0n) is 9.72. The van der Waals surface area contributed by atoms with Gasteiger partial charge in [-0.1, -0.05) is 15.9 Å². The van der Waals surface area contributed by atoms with E-state index < -0.39 is 0 Å². The van der Waals surface area contributed by atoms with E-state index in [0.717, 1.165) is 20.7 Å². The molecule has 0 saturated heterocycles. The molecule has 1 aromatic carbocycles. The molecule has 5 nitrogen and oxygen atoms in total. The van der Waals surface area contributed by atoms with Crippen molar-refractivity contribution < 1.29 is 4.79 Å². The second-order valence-electron chi connectivity index (χ2n) is 3.59. The van der Waals surface area contributed by atoms with Gasteiger partial charge in [0.1, 0.15) is 0 Å². The standard InChI is InChI=1S/C11H11BrN4OS2/c12-6-1-2-8(13)9(3-6)18-4-7-5-19-11(15-7)10(17)16-14/h1-3,5H,4,13-14H2,(H,16,17). The Morgan fingerprint density at radius 3 is 3.05 bits per heavy atom. The first kappa shape index (κ1) is 14.3. The third kappa shape index (κ3) is 3.69. The lowest BCUT2D eigenvalue weighted by Crippen LogP contribution is -2.29. The largest absolute Gasteiger partial charge is 0.398 e. The minimum absolute atomic E-state index is 0.361. The van der Waals surface area contributed by atoms with Gasteiger partial charge in [0.15, 0.2) is 5.01 Å². The van der Waals surface area contributed by atoms with Crippen molar-refractivity contribution in [3.8, 4) is 0 Å². The van der Waals surface area contributed by atoms with Gasteiger partial charge in [-0.05, 0) is 18.2 Å². The molecule has 2 rings (SSSR count). The number of amides is 1. The van der Waals surface area contributed by atoms with Crippen LogP contribution in [0.2, 0.25) is 0 Å². The fraction of sp³-hybridized carbons (Fsp3) is 0.0909. The van der Waals surface area contributed by atoms with E-state index in [1.807, 2.05) is 23.6 Å². The Kier molecular flexibility index (Phi) is 4.81. The molecular formula is C11H11BrN4OS2. The van der Waals surface area contributed by atoms with E-state index in [1.165, 1.54) is 11.3 Å². The maximum atomic E-state index is 11.3. The van der Waals surface area contributed by atoms with Gasteiger partial charge in [-0.25, -0.2) is 10.8 Å². The third-order valence-electron chi connectivity index (χ3n) is 2.23. The molecule has 0 atom stereocenters. The van der Waals surface area contributed by atoms with E-state index in [1.54, 1.807) is 11.8 Å². The number of thioether (sulfide) groups is 1. The van der Waals surface area contributed by atoms with Gasteiger partial charge in [0.05, 0.1) is 5.69 Å². The van der Waals surface area contributed by atoms with E-state index >= 15 is 0 Å². The van der Waals surface area contributed by atoms with Crippen LogP contribution in [0, 0.1) is 0 Å². The van der Waals surface area contributed by atoms with Gasteiger partial charge in [0.25, 0.3) is 5.91 Å². The van der Waals surface area contributed by atoms with Crippen molar-refractivity contribution in [2.24, 2.45) is 5.84 Å². The first-order valence-electron chi connectivity index (χ1n) is 5.23. The Balaban J connectivity index is 2.04. The highest BCUT2D eigenvalue weighted by atomic mass is 79.9. The average Bonchev–Trinajstić information content (AvgIpc) is 2.88. The SMILES string of the molecule is NNC(=O)c1nc(CSc2cc(Br)ccc2N)cs1. The number of hydrogen-bond donors (Lipinski definition) is 3. The molecule has 2 aromatic rings. The Morgan fingerprint density at radius 2 is 2.32 bits per heavy atom. The number of hydrazine groups is 1. The highest BCUT2D eigenvalue weighted by Gasteiger charge is 2.10. The van der Waals surface area contributed by atoms with Gasteiger partial charge in [0, 0.05) is 26.2 Å². The molecule has 0 saturated carbocycles. The number of nitrogens with one attached hydrogen (secondary N) is 1. The molecule has 0 spiro atoms. The van der Waals surface area contributed by atoms with Crippen molar-refractivity contribution in [2.45, 2.75) is 10.6 Å². The quantitative estimate of drug-likeness (QED) is 0.256. The molecule has 100 valence electrons. The van der Waals surface area contributed by atoms with E-state index in [0.29, 0.717) is 10.8 Å². The molecular weight excluding hydrogens is 348 g/mol. The number of halogens is 1. The van der Waals surface area contributed by atoms with Gasteiger partial charge in [-0.3, -0.25) is 10.2 Å². The molecule has 0 aliphatic carbocycles. The number of rotatable bonds is 4. The van der Waals surface area contributed by atoms with E-state index in [4.69, 9.17) is 11.6 Å². The minimum Gasteiger partial charge on any atom is -0.398 e. The summed E-state index contributed by atoms with van der Waals surface area (Å²) in [4.78, 5) is 16.5. The van der Waals surface area contributed by atoms with E-state index in [9.17, 15) is 4.79 Å². The summed E-state index contributed by atoms with van der Waals surface area (Å²) in [6, 6.07) is 5.70. The summed E-state index contributed by atoms with van der Waals surface area (Å²) in [5.41, 5.74) is 9.50. The summed E-state index contributed by atoms with van der Waals surface area (Å²) in [6.45, 7) is 0. The van der Waals surface area contributed by atoms with Gasteiger partial charge < -0.3 is 5.73 Å². The number of nitrogens with two attached hydrogens (primary N) is 2. The predicted octanol–water partition coefficient (Wildman–Crippen LogP) is 2.38. The monoisotopic (exact) mass is 358 g/mol. The second-order valence-corrected chi connectivity index (χ2v) is 6.38. The van der Waals surface area contributed by atoms with Gasteiger partial charge in [-0.2, -0.15) is 0 Å². The highest BCUT2D eigenvalue weighted by molar-refractivity contribution is 9.10. The molecule has 0 aliphatic heterocycles. The van der Waals surface area contributed by atoms with Gasteiger partial charge in [0.2, 0.25) is 0 Å². The van der Waals surface area contributed by atoms with Crippen molar-refractivity contribution in [3.63, 3.8) is 0 Å². The van der Waals surface area contributed by atoms with Crippen LogP contribution in [-0.4, -0.2) is 10.9 Å². The first-order valence-corrected chi connectivity index (χ1v) is 7.89. The lowest BCUT2D eigenvalue weighted by Gasteiger charge is -2.04. The van der Waals surface area contributed by atoms with Gasteiger partial charge in [-0.15, -0.1) is 23.1 Å². The van der Waals surface area contributed by atoms with Crippen LogP contribution in [0.1, 0.15) is 15.5 Å². The fourth-order valence-corrected chi connectivity index (χ4v) is 3.56. The van der Waals surface area contributed by atoms with Crippen molar-refractivity contribution in [3.05, 3.63) is 38.8 Å². The van der Waals surface area contributed by atoms with Crippen LogP contribution in [-0.2, 0) is 5.75 Å². The summed E-state index contributed by atoms with van der Waals surface area (Å²) in [5, 5.41) is 2.20. The molecule has 0 radical (unpaired) electrons. The molecule has 0 unspecified atom stereocenters. The van der Waals surface area contributed by atoms with Crippen LogP contribution in [0.4, 0.5) is 5.69 Å². The topological polar surface area (TPSA) is 94.0 Å². The second kappa shape index (κ2) is 6.38. The normalized spacial score (nSPS) is 10.4. The van der Waals surface area contributed by atoms with Crippen molar-refractivity contribution >= 4 is 50.6 Å². The maximum absolute atomic E-state index is 11.3. The number of benzene rings is 1. The molecule has 0 bridgehead atoms. The van der Waals surface area contributed by atoms with Crippen LogP contribution in [0.3, 0.4) is 0 Å². The fourth-order valence-electron chi connectivity index (χ4n) is 1.32. The zero-order valence-corrected chi connectivity index (χ0v) is 12.9. The van der Waals surface area contributed by atoms with E-state index in [-0.39, 0.29) is 5.91 Å². The summed E-state index contributed by atoms with van der Waals surface area (Å²) in [6.07, 6.45) is 0. The lowest BCUT2D eigenvalue weighted by molar-refractivity contribution is 0.0953. The van der Waals surface area contributed by atoms with Crippen molar-refractivity contribution in [1.29, 1.82) is 0 Å². The minimum atomic E-state index is -0.372. The molecule has 1 amide bonds.